The van der Waals surface area contributed by atoms with Crippen molar-refractivity contribution in [2.24, 2.45) is 0 Å². The topological polar surface area (TPSA) is 120 Å². The van der Waals surface area contributed by atoms with Gasteiger partial charge in [-0.2, -0.15) is 0 Å². The second-order valence-corrected chi connectivity index (χ2v) is 8.38. The summed E-state index contributed by atoms with van der Waals surface area (Å²) in [6, 6.07) is 10.4. The van der Waals surface area contributed by atoms with Gasteiger partial charge in [0.25, 0.3) is 11.8 Å². The summed E-state index contributed by atoms with van der Waals surface area (Å²) in [4.78, 5) is 50.2. The number of methoxy groups -OCH3 is 2. The van der Waals surface area contributed by atoms with Crippen molar-refractivity contribution < 1.29 is 38.1 Å². The minimum absolute atomic E-state index is 0.212. The number of amides is 4. The standard InChI is InChI=1S/C25H26N2O8S/c1-4-34-22(28)15-36-12-11-35-20-10-5-16(14-21(20)33-3)13-19-23(29)26-25(31)27(24(19)30)17-6-8-18(32-2)9-7-17/h5-10,13-14H,4,11-12,15H2,1-3H3,(H,26,29,31). The van der Waals surface area contributed by atoms with Crippen molar-refractivity contribution in [3.63, 3.8) is 0 Å². The number of benzene rings is 2. The Morgan fingerprint density at radius 3 is 2.44 bits per heavy atom. The first kappa shape index (κ1) is 26.6. The molecule has 0 spiro atoms. The van der Waals surface area contributed by atoms with E-state index in [1.165, 1.54) is 32.1 Å². The summed E-state index contributed by atoms with van der Waals surface area (Å²) >= 11 is 1.39. The number of thioether (sulfide) groups is 1. The molecule has 0 aromatic heterocycles. The van der Waals surface area contributed by atoms with E-state index in [0.29, 0.717) is 47.5 Å². The zero-order valence-electron chi connectivity index (χ0n) is 20.1. The Bertz CT molecular complexity index is 1160. The van der Waals surface area contributed by atoms with E-state index in [1.807, 2.05) is 0 Å². The van der Waals surface area contributed by atoms with E-state index in [4.69, 9.17) is 18.9 Å². The van der Waals surface area contributed by atoms with Gasteiger partial charge in [-0.25, -0.2) is 9.69 Å². The van der Waals surface area contributed by atoms with Crippen LogP contribution in [0.3, 0.4) is 0 Å². The number of urea groups is 1. The molecule has 10 nitrogen and oxygen atoms in total. The number of nitrogens with one attached hydrogen (secondary N) is 1. The van der Waals surface area contributed by atoms with Gasteiger partial charge in [-0.15, -0.1) is 11.8 Å². The van der Waals surface area contributed by atoms with Crippen LogP contribution in [0, 0.1) is 0 Å². The summed E-state index contributed by atoms with van der Waals surface area (Å²) in [6.07, 6.45) is 1.38. The van der Waals surface area contributed by atoms with Gasteiger partial charge in [-0.3, -0.25) is 19.7 Å². The number of esters is 1. The lowest BCUT2D eigenvalue weighted by molar-refractivity contribution is -0.139. The van der Waals surface area contributed by atoms with Crippen LogP contribution in [-0.2, 0) is 19.1 Å². The van der Waals surface area contributed by atoms with Gasteiger partial charge in [-0.1, -0.05) is 6.07 Å². The van der Waals surface area contributed by atoms with E-state index in [9.17, 15) is 19.2 Å². The van der Waals surface area contributed by atoms with Crippen molar-refractivity contribution in [2.75, 3.05) is 43.8 Å². The molecule has 1 N–H and O–H groups in total. The lowest BCUT2D eigenvalue weighted by Gasteiger charge is -2.26. The Morgan fingerprint density at radius 2 is 1.78 bits per heavy atom. The number of rotatable bonds is 11. The van der Waals surface area contributed by atoms with Gasteiger partial charge < -0.3 is 18.9 Å². The molecule has 1 heterocycles. The van der Waals surface area contributed by atoms with Gasteiger partial charge in [0.05, 0.1) is 38.9 Å². The molecule has 1 saturated heterocycles. The fourth-order valence-corrected chi connectivity index (χ4v) is 3.85. The second-order valence-electron chi connectivity index (χ2n) is 7.27. The van der Waals surface area contributed by atoms with E-state index < -0.39 is 17.8 Å². The molecule has 1 aliphatic heterocycles. The molecule has 0 bridgehead atoms. The normalized spacial score (nSPS) is 14.5. The van der Waals surface area contributed by atoms with Crippen LogP contribution in [0.2, 0.25) is 0 Å². The maximum Gasteiger partial charge on any atom is 0.335 e. The predicted octanol–water partition coefficient (Wildman–Crippen LogP) is 3.05. The Balaban J connectivity index is 1.72. The van der Waals surface area contributed by atoms with E-state index >= 15 is 0 Å². The van der Waals surface area contributed by atoms with Crippen molar-refractivity contribution >= 4 is 47.3 Å². The number of nitrogens with zero attached hydrogens (tertiary/aromatic N) is 1. The molecule has 0 atom stereocenters. The minimum Gasteiger partial charge on any atom is -0.497 e. The van der Waals surface area contributed by atoms with Gasteiger partial charge in [0.2, 0.25) is 0 Å². The maximum absolute atomic E-state index is 13.1. The van der Waals surface area contributed by atoms with E-state index in [1.54, 1.807) is 49.4 Å². The third-order valence-electron chi connectivity index (χ3n) is 4.94. The first-order valence-corrected chi connectivity index (χ1v) is 12.1. The van der Waals surface area contributed by atoms with Crippen LogP contribution >= 0.6 is 11.8 Å². The lowest BCUT2D eigenvalue weighted by atomic mass is 10.1. The number of carbonyl (C=O) groups is 4. The predicted molar refractivity (Wildman–Crippen MR) is 134 cm³/mol. The second kappa shape index (κ2) is 12.6. The molecular formula is C25H26N2O8S. The number of carbonyl (C=O) groups excluding carboxylic acids is 4. The average molecular weight is 515 g/mol. The Kier molecular flexibility index (Phi) is 9.34. The number of barbiturate groups is 1. The third kappa shape index (κ3) is 6.57. The molecule has 2 aromatic rings. The summed E-state index contributed by atoms with van der Waals surface area (Å²) < 4.78 is 21.1. The molecule has 0 radical (unpaired) electrons. The fraction of sp³-hybridized carbons (Fsp3) is 0.280. The molecule has 0 aliphatic carbocycles. The summed E-state index contributed by atoms with van der Waals surface area (Å²) in [7, 11) is 2.97. The van der Waals surface area contributed by atoms with Crippen LogP contribution in [0.4, 0.5) is 10.5 Å². The molecule has 190 valence electrons. The van der Waals surface area contributed by atoms with Crippen molar-refractivity contribution in [3.05, 3.63) is 53.6 Å². The number of hydrogen-bond donors (Lipinski definition) is 1. The van der Waals surface area contributed by atoms with Gasteiger partial charge in [0, 0.05) is 5.75 Å². The number of hydrogen-bond acceptors (Lipinski definition) is 9. The van der Waals surface area contributed by atoms with Gasteiger partial charge in [0.15, 0.2) is 11.5 Å². The molecule has 4 amide bonds. The number of ether oxygens (including phenoxy) is 4. The summed E-state index contributed by atoms with van der Waals surface area (Å²) in [5.41, 5.74) is 0.578. The van der Waals surface area contributed by atoms with Crippen LogP contribution in [0.15, 0.2) is 48.0 Å². The molecular weight excluding hydrogens is 488 g/mol. The zero-order valence-corrected chi connectivity index (χ0v) is 20.9. The Labute approximate surface area is 212 Å². The summed E-state index contributed by atoms with van der Waals surface area (Å²) in [5.74, 6) is 0.398. The maximum atomic E-state index is 13.1. The highest BCUT2D eigenvalue weighted by Crippen LogP contribution is 2.30. The molecule has 1 aliphatic rings. The lowest BCUT2D eigenvalue weighted by Crippen LogP contribution is -2.54. The van der Waals surface area contributed by atoms with Crippen LogP contribution in [0.25, 0.3) is 6.08 Å². The minimum atomic E-state index is -0.838. The van der Waals surface area contributed by atoms with Crippen LogP contribution in [0.1, 0.15) is 12.5 Å². The van der Waals surface area contributed by atoms with Crippen LogP contribution < -0.4 is 24.4 Å². The highest BCUT2D eigenvalue weighted by atomic mass is 32.2. The molecule has 1 fully saturated rings. The molecule has 11 heteroatoms. The number of imide groups is 2. The fourth-order valence-electron chi connectivity index (χ4n) is 3.25. The molecule has 0 unspecified atom stereocenters. The smallest absolute Gasteiger partial charge is 0.335 e. The largest absolute Gasteiger partial charge is 0.497 e. The van der Waals surface area contributed by atoms with E-state index in [0.717, 1.165) is 4.90 Å². The van der Waals surface area contributed by atoms with Crippen molar-refractivity contribution in [3.8, 4) is 17.2 Å². The first-order chi connectivity index (χ1) is 17.4. The monoisotopic (exact) mass is 514 g/mol. The van der Waals surface area contributed by atoms with Crippen LogP contribution in [0.5, 0.6) is 17.2 Å². The van der Waals surface area contributed by atoms with Gasteiger partial charge in [-0.05, 0) is 55.0 Å². The zero-order chi connectivity index (χ0) is 26.1. The summed E-state index contributed by atoms with van der Waals surface area (Å²) in [5, 5.41) is 2.19. The van der Waals surface area contributed by atoms with Crippen LogP contribution in [-0.4, -0.2) is 62.8 Å². The summed E-state index contributed by atoms with van der Waals surface area (Å²) in [6.45, 7) is 2.43. The highest BCUT2D eigenvalue weighted by molar-refractivity contribution is 7.99. The van der Waals surface area contributed by atoms with Crippen molar-refractivity contribution in [1.29, 1.82) is 0 Å². The average Bonchev–Trinajstić information content (AvgIpc) is 2.87. The Hall–Kier alpha value is -3.99. The Morgan fingerprint density at radius 1 is 1.03 bits per heavy atom. The molecule has 0 saturated carbocycles. The molecule has 36 heavy (non-hydrogen) atoms. The van der Waals surface area contributed by atoms with Gasteiger partial charge >= 0.3 is 12.0 Å². The molecule has 3 rings (SSSR count). The third-order valence-corrected chi connectivity index (χ3v) is 5.84. The van der Waals surface area contributed by atoms with E-state index in [-0.39, 0.29) is 17.3 Å². The SMILES string of the molecule is CCOC(=O)CSCCOc1ccc(C=C2C(=O)NC(=O)N(c3ccc(OC)cc3)C2=O)cc1OC. The van der Waals surface area contributed by atoms with Crippen molar-refractivity contribution in [1.82, 2.24) is 5.32 Å². The highest BCUT2D eigenvalue weighted by Gasteiger charge is 2.36. The quantitative estimate of drug-likeness (QED) is 0.209. The molecule has 2 aromatic carbocycles. The van der Waals surface area contributed by atoms with Crippen molar-refractivity contribution in [2.45, 2.75) is 6.92 Å². The van der Waals surface area contributed by atoms with Gasteiger partial charge in [0.1, 0.15) is 11.3 Å². The number of anilines is 1. The van der Waals surface area contributed by atoms with E-state index in [2.05, 4.69) is 5.32 Å². The first-order valence-electron chi connectivity index (χ1n) is 11.0.